The lowest BCUT2D eigenvalue weighted by Crippen LogP contribution is -2.40. The number of fused-ring (bicyclic) bond motifs is 1. The van der Waals surface area contributed by atoms with E-state index in [0.29, 0.717) is 10.7 Å². The molecule has 1 aromatic carbocycles. The van der Waals surface area contributed by atoms with E-state index in [2.05, 4.69) is 36.1 Å². The second-order valence-electron chi connectivity index (χ2n) is 7.13. The van der Waals surface area contributed by atoms with Crippen LogP contribution in [0.2, 0.25) is 5.02 Å². The van der Waals surface area contributed by atoms with Crippen LogP contribution in [0.4, 0.5) is 5.69 Å². The Bertz CT molecular complexity index is 834. The standard InChI is InChI=1S/C20H22ClN3O.ClH/c1-20(2)13-24(3)12-15-10-16(11-22-19(15)20)23-18(25)9-8-14-6-4-5-7-17(14)21;/h4-11H,12-13H2,1-3H3,(H,23,25);1H/b9-8+;. The highest BCUT2D eigenvalue weighted by atomic mass is 35.5. The first-order valence-corrected chi connectivity index (χ1v) is 8.64. The first kappa shape index (κ1) is 20.4. The first-order valence-electron chi connectivity index (χ1n) is 8.27. The third kappa shape index (κ3) is 4.64. The fourth-order valence-corrected chi connectivity index (χ4v) is 3.56. The van der Waals surface area contributed by atoms with E-state index in [1.807, 2.05) is 24.3 Å². The molecule has 0 unspecified atom stereocenters. The molecule has 3 rings (SSSR count). The zero-order chi connectivity index (χ0) is 18.0. The van der Waals surface area contributed by atoms with Crippen LogP contribution in [0.25, 0.3) is 6.08 Å². The molecule has 6 heteroatoms. The van der Waals surface area contributed by atoms with Gasteiger partial charge in [0.05, 0.1) is 17.6 Å². The number of hydrogen-bond acceptors (Lipinski definition) is 3. The van der Waals surface area contributed by atoms with Gasteiger partial charge in [-0.2, -0.15) is 0 Å². The second-order valence-corrected chi connectivity index (χ2v) is 7.54. The van der Waals surface area contributed by atoms with Gasteiger partial charge in [-0.3, -0.25) is 9.78 Å². The average molecular weight is 392 g/mol. The van der Waals surface area contributed by atoms with Crippen LogP contribution in [-0.2, 0) is 16.8 Å². The minimum absolute atomic E-state index is 0. The molecule has 4 nitrogen and oxygen atoms in total. The predicted octanol–water partition coefficient (Wildman–Crippen LogP) is 4.53. The van der Waals surface area contributed by atoms with Crippen LogP contribution < -0.4 is 5.32 Å². The smallest absolute Gasteiger partial charge is 0.248 e. The molecule has 0 spiro atoms. The number of carbonyl (C=O) groups excluding carboxylic acids is 1. The van der Waals surface area contributed by atoms with E-state index in [1.54, 1.807) is 18.3 Å². The van der Waals surface area contributed by atoms with Gasteiger partial charge in [0.25, 0.3) is 0 Å². The zero-order valence-electron chi connectivity index (χ0n) is 15.1. The number of likely N-dealkylation sites (N-methyl/N-ethyl adjacent to an activating group) is 1. The van der Waals surface area contributed by atoms with Crippen molar-refractivity contribution < 1.29 is 4.79 Å². The Kier molecular flexibility index (Phi) is 6.45. The summed E-state index contributed by atoms with van der Waals surface area (Å²) >= 11 is 6.09. The normalized spacial score (nSPS) is 16.0. The van der Waals surface area contributed by atoms with Crippen LogP contribution in [0.3, 0.4) is 0 Å². The Hall–Kier alpha value is -1.88. The summed E-state index contributed by atoms with van der Waals surface area (Å²) in [6, 6.07) is 9.42. The summed E-state index contributed by atoms with van der Waals surface area (Å²) < 4.78 is 0. The molecule has 1 amide bonds. The van der Waals surface area contributed by atoms with Crippen molar-refractivity contribution in [3.05, 3.63) is 64.4 Å². The fraction of sp³-hybridized carbons (Fsp3) is 0.300. The van der Waals surface area contributed by atoms with Gasteiger partial charge >= 0.3 is 0 Å². The van der Waals surface area contributed by atoms with Crippen molar-refractivity contribution in [3.8, 4) is 0 Å². The zero-order valence-corrected chi connectivity index (χ0v) is 16.7. The molecule has 0 radical (unpaired) electrons. The summed E-state index contributed by atoms with van der Waals surface area (Å²) in [5.41, 5.74) is 3.79. The topological polar surface area (TPSA) is 45.2 Å². The number of nitrogens with zero attached hydrogens (tertiary/aromatic N) is 2. The third-order valence-electron chi connectivity index (χ3n) is 4.30. The summed E-state index contributed by atoms with van der Waals surface area (Å²) in [5.74, 6) is -0.204. The maximum absolute atomic E-state index is 12.2. The van der Waals surface area contributed by atoms with Crippen molar-refractivity contribution in [2.24, 2.45) is 0 Å². The lowest BCUT2D eigenvalue weighted by atomic mass is 9.82. The van der Waals surface area contributed by atoms with Crippen molar-refractivity contribution in [3.63, 3.8) is 0 Å². The van der Waals surface area contributed by atoms with Crippen LogP contribution in [-0.4, -0.2) is 29.4 Å². The second kappa shape index (κ2) is 8.21. The summed E-state index contributed by atoms with van der Waals surface area (Å²) in [6.45, 7) is 6.20. The number of pyridine rings is 1. The molecule has 26 heavy (non-hydrogen) atoms. The van der Waals surface area contributed by atoms with Crippen molar-refractivity contribution in [2.75, 3.05) is 18.9 Å². The Morgan fingerprint density at radius 1 is 1.35 bits per heavy atom. The number of anilines is 1. The first-order chi connectivity index (χ1) is 11.8. The summed E-state index contributed by atoms with van der Waals surface area (Å²) in [6.07, 6.45) is 4.92. The van der Waals surface area contributed by atoms with E-state index in [4.69, 9.17) is 11.6 Å². The molecule has 0 bridgehead atoms. The molecule has 0 saturated carbocycles. The lowest BCUT2D eigenvalue weighted by Gasteiger charge is -2.37. The molecular formula is C20H23Cl2N3O. The van der Waals surface area contributed by atoms with Crippen LogP contribution in [0.1, 0.15) is 30.7 Å². The van der Waals surface area contributed by atoms with E-state index in [0.717, 1.165) is 29.9 Å². The Morgan fingerprint density at radius 3 is 2.81 bits per heavy atom. The van der Waals surface area contributed by atoms with Gasteiger partial charge in [-0.25, -0.2) is 0 Å². The molecule has 0 fully saturated rings. The van der Waals surface area contributed by atoms with Gasteiger partial charge in [0.2, 0.25) is 5.91 Å². The summed E-state index contributed by atoms with van der Waals surface area (Å²) in [4.78, 5) is 19.1. The van der Waals surface area contributed by atoms with Crippen LogP contribution >= 0.6 is 24.0 Å². The number of benzene rings is 1. The lowest BCUT2D eigenvalue weighted by molar-refractivity contribution is -0.111. The summed E-state index contributed by atoms with van der Waals surface area (Å²) in [5, 5.41) is 3.49. The van der Waals surface area contributed by atoms with Gasteiger partial charge in [0, 0.05) is 29.6 Å². The molecule has 138 valence electrons. The molecular weight excluding hydrogens is 369 g/mol. The number of hydrogen-bond donors (Lipinski definition) is 1. The highest BCUT2D eigenvalue weighted by Crippen LogP contribution is 2.32. The van der Waals surface area contributed by atoms with Gasteiger partial charge < -0.3 is 10.2 Å². The van der Waals surface area contributed by atoms with E-state index in [-0.39, 0.29) is 23.7 Å². The van der Waals surface area contributed by atoms with Crippen molar-refractivity contribution >= 4 is 41.7 Å². The fourth-order valence-electron chi connectivity index (χ4n) is 3.36. The largest absolute Gasteiger partial charge is 0.321 e. The van der Waals surface area contributed by atoms with Gasteiger partial charge in [-0.05, 0) is 36.4 Å². The van der Waals surface area contributed by atoms with E-state index in [1.165, 1.54) is 6.08 Å². The quantitative estimate of drug-likeness (QED) is 0.781. The minimum atomic E-state index is -0.204. The Morgan fingerprint density at radius 2 is 2.08 bits per heavy atom. The highest BCUT2D eigenvalue weighted by Gasteiger charge is 2.31. The number of carbonyl (C=O) groups is 1. The molecule has 1 N–H and O–H groups in total. The minimum Gasteiger partial charge on any atom is -0.321 e. The Labute approximate surface area is 165 Å². The van der Waals surface area contributed by atoms with Crippen LogP contribution in [0.15, 0.2) is 42.6 Å². The average Bonchev–Trinajstić information content (AvgIpc) is 2.52. The number of aromatic nitrogens is 1. The van der Waals surface area contributed by atoms with E-state index in [9.17, 15) is 4.79 Å². The van der Waals surface area contributed by atoms with Gasteiger partial charge in [-0.15, -0.1) is 12.4 Å². The molecule has 2 heterocycles. The Balaban J connectivity index is 0.00000243. The maximum atomic E-state index is 12.2. The molecule has 1 aliphatic heterocycles. The molecule has 1 aliphatic rings. The van der Waals surface area contributed by atoms with Crippen molar-refractivity contribution in [2.45, 2.75) is 25.8 Å². The molecule has 0 aliphatic carbocycles. The number of amides is 1. The SMILES string of the molecule is CN1Cc2cc(NC(=O)/C=C/c3ccccc3Cl)cnc2C(C)(C)C1.Cl. The molecule has 1 aromatic heterocycles. The molecule has 0 saturated heterocycles. The van der Waals surface area contributed by atoms with E-state index >= 15 is 0 Å². The number of nitrogens with one attached hydrogen (secondary N) is 1. The van der Waals surface area contributed by atoms with Gasteiger partial charge in [0.1, 0.15) is 0 Å². The third-order valence-corrected chi connectivity index (χ3v) is 4.64. The monoisotopic (exact) mass is 391 g/mol. The molecule has 2 aromatic rings. The number of halogens is 2. The van der Waals surface area contributed by atoms with Crippen molar-refractivity contribution in [1.29, 1.82) is 0 Å². The molecule has 0 atom stereocenters. The van der Waals surface area contributed by atoms with Crippen molar-refractivity contribution in [1.82, 2.24) is 9.88 Å². The van der Waals surface area contributed by atoms with Crippen LogP contribution in [0, 0.1) is 0 Å². The number of rotatable bonds is 3. The maximum Gasteiger partial charge on any atom is 0.248 e. The predicted molar refractivity (Wildman–Crippen MR) is 110 cm³/mol. The van der Waals surface area contributed by atoms with Crippen LogP contribution in [0.5, 0.6) is 0 Å². The van der Waals surface area contributed by atoms with E-state index < -0.39 is 0 Å². The summed E-state index contributed by atoms with van der Waals surface area (Å²) in [7, 11) is 2.10. The van der Waals surface area contributed by atoms with Gasteiger partial charge in [-0.1, -0.05) is 43.6 Å². The van der Waals surface area contributed by atoms with Gasteiger partial charge in [0.15, 0.2) is 0 Å². The highest BCUT2D eigenvalue weighted by molar-refractivity contribution is 6.32.